The van der Waals surface area contributed by atoms with Gasteiger partial charge in [0.25, 0.3) is 0 Å². The smallest absolute Gasteiger partial charge is 0.339 e. The van der Waals surface area contributed by atoms with Crippen molar-refractivity contribution in [1.82, 2.24) is 14.5 Å². The number of aryl methyl sites for hydroxylation is 1. The Labute approximate surface area is 109 Å². The lowest BCUT2D eigenvalue weighted by atomic mass is 10.0. The van der Waals surface area contributed by atoms with E-state index < -0.39 is 0 Å². The maximum atomic E-state index is 11.8. The van der Waals surface area contributed by atoms with E-state index in [2.05, 4.69) is 9.97 Å². The van der Waals surface area contributed by atoms with Gasteiger partial charge in [-0.1, -0.05) is 0 Å². The molecule has 19 heavy (non-hydrogen) atoms. The average Bonchev–Trinajstić information content (AvgIpc) is 2.83. The molecule has 6 nitrogen and oxygen atoms in total. The van der Waals surface area contributed by atoms with Crippen LogP contribution in [0.25, 0.3) is 5.82 Å². The SMILES string of the molecule is CCOC(=O)c1ccn2c1CCc1cnc(O)nc1-2. The summed E-state index contributed by atoms with van der Waals surface area (Å²) in [6.07, 6.45) is 4.85. The van der Waals surface area contributed by atoms with Crippen LogP contribution in [0.3, 0.4) is 0 Å². The van der Waals surface area contributed by atoms with Gasteiger partial charge in [-0.15, -0.1) is 0 Å². The molecule has 0 amide bonds. The summed E-state index contributed by atoms with van der Waals surface area (Å²) in [7, 11) is 0. The summed E-state index contributed by atoms with van der Waals surface area (Å²) in [5.74, 6) is 0.308. The van der Waals surface area contributed by atoms with Gasteiger partial charge in [-0.05, 0) is 25.8 Å². The Kier molecular flexibility index (Phi) is 2.70. The summed E-state index contributed by atoms with van der Waals surface area (Å²) in [5, 5.41) is 9.39. The summed E-state index contributed by atoms with van der Waals surface area (Å²) in [6, 6.07) is 1.46. The van der Waals surface area contributed by atoms with Gasteiger partial charge in [-0.3, -0.25) is 0 Å². The minimum atomic E-state index is -0.321. The third kappa shape index (κ3) is 1.85. The highest BCUT2D eigenvalue weighted by Crippen LogP contribution is 2.27. The van der Waals surface area contributed by atoms with E-state index in [-0.39, 0.29) is 12.0 Å². The second kappa shape index (κ2) is 4.38. The fourth-order valence-corrected chi connectivity index (χ4v) is 2.34. The molecule has 6 heteroatoms. The van der Waals surface area contributed by atoms with Crippen LogP contribution >= 0.6 is 0 Å². The summed E-state index contributed by atoms with van der Waals surface area (Å²) >= 11 is 0. The van der Waals surface area contributed by atoms with Crippen molar-refractivity contribution in [2.24, 2.45) is 0 Å². The number of hydrogen-bond donors (Lipinski definition) is 1. The molecule has 2 aromatic rings. The molecule has 0 aliphatic carbocycles. The number of ether oxygens (including phenoxy) is 1. The minimum Gasteiger partial charge on any atom is -0.479 e. The number of esters is 1. The maximum Gasteiger partial charge on any atom is 0.339 e. The predicted molar refractivity (Wildman–Crippen MR) is 66.4 cm³/mol. The topological polar surface area (TPSA) is 77.2 Å². The van der Waals surface area contributed by atoms with Crippen LogP contribution in [0.15, 0.2) is 18.5 Å². The van der Waals surface area contributed by atoms with Crippen LogP contribution in [0, 0.1) is 0 Å². The number of hydrogen-bond acceptors (Lipinski definition) is 5. The van der Waals surface area contributed by atoms with E-state index in [4.69, 9.17) is 4.74 Å². The fourth-order valence-electron chi connectivity index (χ4n) is 2.34. The van der Waals surface area contributed by atoms with Crippen molar-refractivity contribution in [3.05, 3.63) is 35.3 Å². The zero-order valence-electron chi connectivity index (χ0n) is 10.5. The fraction of sp³-hybridized carbons (Fsp3) is 0.308. The van der Waals surface area contributed by atoms with E-state index in [1.54, 1.807) is 25.4 Å². The van der Waals surface area contributed by atoms with Crippen LogP contribution in [0.5, 0.6) is 6.01 Å². The molecule has 3 rings (SSSR count). The van der Waals surface area contributed by atoms with Gasteiger partial charge in [0, 0.05) is 23.7 Å². The third-order valence-electron chi connectivity index (χ3n) is 3.18. The van der Waals surface area contributed by atoms with Crippen molar-refractivity contribution < 1.29 is 14.6 Å². The molecule has 1 aliphatic rings. The molecule has 0 atom stereocenters. The van der Waals surface area contributed by atoms with Crippen LogP contribution in [-0.4, -0.2) is 32.2 Å². The zero-order valence-corrected chi connectivity index (χ0v) is 10.5. The van der Waals surface area contributed by atoms with E-state index in [0.29, 0.717) is 18.0 Å². The molecule has 3 heterocycles. The van der Waals surface area contributed by atoms with Crippen LogP contribution in [-0.2, 0) is 17.6 Å². The standard InChI is InChI=1S/C13H13N3O3/c1-2-19-12(17)9-5-6-16-10(9)4-3-8-7-14-13(18)15-11(8)16/h5-7H,2-4H2,1H3,(H,14,15,18). The molecule has 2 aromatic heterocycles. The summed E-state index contributed by atoms with van der Waals surface area (Å²) in [5.41, 5.74) is 2.38. The van der Waals surface area contributed by atoms with Crippen molar-refractivity contribution >= 4 is 5.97 Å². The molecule has 0 aromatic carbocycles. The number of carbonyl (C=O) groups excluding carboxylic acids is 1. The second-order valence-electron chi connectivity index (χ2n) is 4.29. The molecular weight excluding hydrogens is 246 g/mol. The highest BCUT2D eigenvalue weighted by Gasteiger charge is 2.24. The molecule has 1 aliphatic heterocycles. The van der Waals surface area contributed by atoms with E-state index in [9.17, 15) is 9.90 Å². The Morgan fingerprint density at radius 1 is 1.53 bits per heavy atom. The molecule has 0 unspecified atom stereocenters. The molecular formula is C13H13N3O3. The second-order valence-corrected chi connectivity index (χ2v) is 4.29. The quantitative estimate of drug-likeness (QED) is 0.821. The molecule has 98 valence electrons. The summed E-state index contributed by atoms with van der Waals surface area (Å²) < 4.78 is 6.84. The molecule has 0 saturated carbocycles. The zero-order chi connectivity index (χ0) is 13.4. The molecule has 1 N–H and O–H groups in total. The number of fused-ring (bicyclic) bond motifs is 3. The van der Waals surface area contributed by atoms with E-state index in [0.717, 1.165) is 24.1 Å². The van der Waals surface area contributed by atoms with Gasteiger partial charge >= 0.3 is 12.0 Å². The molecule has 0 spiro atoms. The monoisotopic (exact) mass is 259 g/mol. The van der Waals surface area contributed by atoms with Crippen molar-refractivity contribution in [1.29, 1.82) is 0 Å². The molecule has 0 bridgehead atoms. The van der Waals surface area contributed by atoms with Crippen molar-refractivity contribution in [3.8, 4) is 11.8 Å². The normalized spacial score (nSPS) is 12.7. The number of rotatable bonds is 2. The average molecular weight is 259 g/mol. The molecule has 0 fully saturated rings. The van der Waals surface area contributed by atoms with Crippen molar-refractivity contribution in [3.63, 3.8) is 0 Å². The third-order valence-corrected chi connectivity index (χ3v) is 3.18. The van der Waals surface area contributed by atoms with Crippen LogP contribution < -0.4 is 0 Å². The Hall–Kier alpha value is -2.37. The first-order valence-electron chi connectivity index (χ1n) is 6.13. The Bertz CT molecular complexity index is 649. The lowest BCUT2D eigenvalue weighted by Gasteiger charge is -2.18. The number of nitrogens with zero attached hydrogens (tertiary/aromatic N) is 3. The predicted octanol–water partition coefficient (Wildman–Crippen LogP) is 1.25. The first-order valence-corrected chi connectivity index (χ1v) is 6.13. The molecule has 0 radical (unpaired) electrons. The van der Waals surface area contributed by atoms with Gasteiger partial charge in [-0.2, -0.15) is 4.98 Å². The van der Waals surface area contributed by atoms with E-state index in [1.807, 2.05) is 4.57 Å². The first-order chi connectivity index (χ1) is 9.20. The van der Waals surface area contributed by atoms with Gasteiger partial charge in [0.05, 0.1) is 12.2 Å². The van der Waals surface area contributed by atoms with Crippen LogP contribution in [0.1, 0.15) is 28.5 Å². The lowest BCUT2D eigenvalue weighted by Crippen LogP contribution is -2.16. The Morgan fingerprint density at radius 3 is 3.16 bits per heavy atom. The minimum absolute atomic E-state index is 0.266. The highest BCUT2D eigenvalue weighted by molar-refractivity contribution is 5.91. The first kappa shape index (κ1) is 11.7. The largest absolute Gasteiger partial charge is 0.479 e. The number of aromatic hydroxyl groups is 1. The number of aromatic nitrogens is 3. The Morgan fingerprint density at radius 2 is 2.37 bits per heavy atom. The number of carbonyl (C=O) groups is 1. The summed E-state index contributed by atoms with van der Waals surface area (Å²) in [4.78, 5) is 19.6. The van der Waals surface area contributed by atoms with Crippen molar-refractivity contribution in [2.75, 3.05) is 6.61 Å². The van der Waals surface area contributed by atoms with Crippen molar-refractivity contribution in [2.45, 2.75) is 19.8 Å². The lowest BCUT2D eigenvalue weighted by molar-refractivity contribution is 0.0525. The summed E-state index contributed by atoms with van der Waals surface area (Å²) in [6.45, 7) is 2.13. The van der Waals surface area contributed by atoms with Crippen LogP contribution in [0.2, 0.25) is 0 Å². The Balaban J connectivity index is 2.09. The van der Waals surface area contributed by atoms with Gasteiger partial charge in [0.1, 0.15) is 5.82 Å². The van der Waals surface area contributed by atoms with Gasteiger partial charge in [0.2, 0.25) is 0 Å². The van der Waals surface area contributed by atoms with E-state index >= 15 is 0 Å². The highest BCUT2D eigenvalue weighted by atomic mass is 16.5. The van der Waals surface area contributed by atoms with E-state index in [1.165, 1.54) is 0 Å². The van der Waals surface area contributed by atoms with Crippen LogP contribution in [0.4, 0.5) is 0 Å². The van der Waals surface area contributed by atoms with Gasteiger partial charge in [0.15, 0.2) is 0 Å². The maximum absolute atomic E-state index is 11.8. The molecule has 0 saturated heterocycles. The van der Waals surface area contributed by atoms with Gasteiger partial charge < -0.3 is 14.4 Å². The van der Waals surface area contributed by atoms with Gasteiger partial charge in [-0.25, -0.2) is 9.78 Å².